The van der Waals surface area contributed by atoms with Crippen LogP contribution < -0.4 is 10.1 Å². The average Bonchev–Trinajstić information content (AvgIpc) is 3.29. The SMILES string of the molecule is CCOc1nc(Nc2cnn(C3CCC(O)C3)c2C)nc2[nH]ccc12. The second-order valence-electron chi connectivity index (χ2n) is 6.36. The van der Waals surface area contributed by atoms with E-state index in [0.29, 0.717) is 18.4 Å². The van der Waals surface area contributed by atoms with Gasteiger partial charge < -0.3 is 20.1 Å². The summed E-state index contributed by atoms with van der Waals surface area (Å²) < 4.78 is 7.61. The van der Waals surface area contributed by atoms with Crippen molar-refractivity contribution < 1.29 is 9.84 Å². The first-order valence-corrected chi connectivity index (χ1v) is 8.62. The predicted molar refractivity (Wildman–Crippen MR) is 94.2 cm³/mol. The van der Waals surface area contributed by atoms with Crippen LogP contribution in [-0.2, 0) is 0 Å². The molecule has 1 aliphatic carbocycles. The third-order valence-corrected chi connectivity index (χ3v) is 4.68. The van der Waals surface area contributed by atoms with Gasteiger partial charge in [0.2, 0.25) is 11.8 Å². The number of H-pyrrole nitrogens is 1. The first-order chi connectivity index (χ1) is 12.2. The van der Waals surface area contributed by atoms with Crippen molar-refractivity contribution >= 4 is 22.7 Å². The molecule has 8 heteroatoms. The Balaban J connectivity index is 1.62. The lowest BCUT2D eigenvalue weighted by Crippen LogP contribution is -2.10. The quantitative estimate of drug-likeness (QED) is 0.659. The van der Waals surface area contributed by atoms with Gasteiger partial charge in [-0.25, -0.2) is 0 Å². The highest BCUT2D eigenvalue weighted by molar-refractivity contribution is 5.82. The summed E-state index contributed by atoms with van der Waals surface area (Å²) in [6.07, 6.45) is 5.90. The summed E-state index contributed by atoms with van der Waals surface area (Å²) in [6.45, 7) is 4.48. The molecule has 1 aliphatic rings. The molecule has 25 heavy (non-hydrogen) atoms. The summed E-state index contributed by atoms with van der Waals surface area (Å²) in [5.74, 6) is 1.02. The molecule has 1 fully saturated rings. The molecule has 3 aromatic heterocycles. The number of aliphatic hydroxyl groups excluding tert-OH is 1. The van der Waals surface area contributed by atoms with Crippen LogP contribution in [0.5, 0.6) is 5.88 Å². The Morgan fingerprint density at radius 1 is 1.40 bits per heavy atom. The summed E-state index contributed by atoms with van der Waals surface area (Å²) in [7, 11) is 0. The zero-order chi connectivity index (χ0) is 17.4. The van der Waals surface area contributed by atoms with Crippen LogP contribution in [0.15, 0.2) is 18.5 Å². The molecule has 0 aliphatic heterocycles. The normalized spacial score (nSPS) is 20.3. The maximum atomic E-state index is 9.76. The highest BCUT2D eigenvalue weighted by Gasteiger charge is 2.26. The molecule has 0 spiro atoms. The molecule has 2 atom stereocenters. The Bertz CT molecular complexity index is 887. The highest BCUT2D eigenvalue weighted by atomic mass is 16.5. The zero-order valence-corrected chi connectivity index (χ0v) is 14.4. The molecule has 1 saturated carbocycles. The number of fused-ring (bicyclic) bond motifs is 1. The van der Waals surface area contributed by atoms with E-state index in [1.54, 1.807) is 6.20 Å². The van der Waals surface area contributed by atoms with Gasteiger partial charge in [0.1, 0.15) is 5.65 Å². The molecule has 0 amide bonds. The molecule has 0 aromatic carbocycles. The van der Waals surface area contributed by atoms with E-state index in [4.69, 9.17) is 4.74 Å². The first-order valence-electron chi connectivity index (χ1n) is 8.62. The average molecular weight is 342 g/mol. The number of hydrogen-bond donors (Lipinski definition) is 3. The van der Waals surface area contributed by atoms with E-state index < -0.39 is 0 Å². The molecule has 0 radical (unpaired) electrons. The van der Waals surface area contributed by atoms with Crippen molar-refractivity contribution in [3.63, 3.8) is 0 Å². The van der Waals surface area contributed by atoms with Gasteiger partial charge >= 0.3 is 0 Å². The highest BCUT2D eigenvalue weighted by Crippen LogP contribution is 2.33. The van der Waals surface area contributed by atoms with E-state index >= 15 is 0 Å². The molecular formula is C17H22N6O2. The standard InChI is InChI=1S/C17H22N6O2/c1-3-25-16-13-6-7-18-15(13)21-17(22-16)20-14-9-19-23(10(14)2)11-4-5-12(24)8-11/h6-7,9,11-12,24H,3-5,8H2,1-2H3,(H2,18,20,21,22). The fraction of sp³-hybridized carbons (Fsp3) is 0.471. The second-order valence-corrected chi connectivity index (χ2v) is 6.36. The topological polar surface area (TPSA) is 101 Å². The van der Waals surface area contributed by atoms with Crippen LogP contribution in [0.1, 0.15) is 37.9 Å². The first kappa shape index (κ1) is 15.9. The molecule has 0 saturated heterocycles. The van der Waals surface area contributed by atoms with Crippen molar-refractivity contribution in [2.75, 3.05) is 11.9 Å². The lowest BCUT2D eigenvalue weighted by molar-refractivity contribution is 0.177. The number of nitrogens with one attached hydrogen (secondary N) is 2. The Kier molecular flexibility index (Phi) is 4.04. The lowest BCUT2D eigenvalue weighted by atomic mass is 10.2. The molecule has 3 heterocycles. The van der Waals surface area contributed by atoms with Gasteiger partial charge in [0, 0.05) is 6.20 Å². The minimum Gasteiger partial charge on any atom is -0.477 e. The minimum atomic E-state index is -0.225. The van der Waals surface area contributed by atoms with Gasteiger partial charge in [-0.2, -0.15) is 15.1 Å². The van der Waals surface area contributed by atoms with Crippen molar-refractivity contribution in [2.24, 2.45) is 0 Å². The summed E-state index contributed by atoms with van der Waals surface area (Å²) in [5, 5.41) is 18.3. The van der Waals surface area contributed by atoms with E-state index in [2.05, 4.69) is 25.4 Å². The number of hydrogen-bond acceptors (Lipinski definition) is 6. The van der Waals surface area contributed by atoms with E-state index in [1.165, 1.54) is 0 Å². The van der Waals surface area contributed by atoms with Gasteiger partial charge in [-0.05, 0) is 39.2 Å². The van der Waals surface area contributed by atoms with E-state index in [9.17, 15) is 5.11 Å². The number of nitrogens with zero attached hydrogens (tertiary/aromatic N) is 4. The van der Waals surface area contributed by atoms with E-state index in [1.807, 2.05) is 30.8 Å². The van der Waals surface area contributed by atoms with Crippen LogP contribution in [0.4, 0.5) is 11.6 Å². The Labute approximate surface area is 145 Å². The van der Waals surface area contributed by atoms with Gasteiger partial charge in [-0.15, -0.1) is 0 Å². The molecule has 0 bridgehead atoms. The van der Waals surface area contributed by atoms with Crippen molar-refractivity contribution in [2.45, 2.75) is 45.3 Å². The van der Waals surface area contributed by atoms with Crippen LogP contribution >= 0.6 is 0 Å². The fourth-order valence-corrected chi connectivity index (χ4v) is 3.41. The van der Waals surface area contributed by atoms with Gasteiger partial charge in [0.15, 0.2) is 0 Å². The van der Waals surface area contributed by atoms with Crippen LogP contribution in [0.25, 0.3) is 11.0 Å². The molecule has 132 valence electrons. The Morgan fingerprint density at radius 2 is 2.28 bits per heavy atom. The van der Waals surface area contributed by atoms with Crippen molar-refractivity contribution in [1.82, 2.24) is 24.7 Å². The number of anilines is 2. The van der Waals surface area contributed by atoms with Gasteiger partial charge in [0.05, 0.1) is 41.7 Å². The number of rotatable bonds is 5. The Hall–Kier alpha value is -2.61. The van der Waals surface area contributed by atoms with Gasteiger partial charge in [-0.1, -0.05) is 0 Å². The third kappa shape index (κ3) is 2.93. The zero-order valence-electron chi connectivity index (χ0n) is 14.4. The van der Waals surface area contributed by atoms with Crippen LogP contribution in [-0.4, -0.2) is 42.5 Å². The largest absolute Gasteiger partial charge is 0.477 e. The smallest absolute Gasteiger partial charge is 0.232 e. The lowest BCUT2D eigenvalue weighted by Gasteiger charge is -2.13. The van der Waals surface area contributed by atoms with Crippen LogP contribution in [0.3, 0.4) is 0 Å². The summed E-state index contributed by atoms with van der Waals surface area (Å²) >= 11 is 0. The van der Waals surface area contributed by atoms with Crippen LogP contribution in [0.2, 0.25) is 0 Å². The fourth-order valence-electron chi connectivity index (χ4n) is 3.41. The summed E-state index contributed by atoms with van der Waals surface area (Å²) in [4.78, 5) is 12.1. The van der Waals surface area contributed by atoms with E-state index in [-0.39, 0.29) is 12.1 Å². The molecule has 8 nitrogen and oxygen atoms in total. The monoisotopic (exact) mass is 342 g/mol. The maximum Gasteiger partial charge on any atom is 0.232 e. The molecule has 2 unspecified atom stereocenters. The van der Waals surface area contributed by atoms with Crippen molar-refractivity contribution in [1.29, 1.82) is 0 Å². The van der Waals surface area contributed by atoms with Crippen molar-refractivity contribution in [3.05, 3.63) is 24.2 Å². The molecule has 3 aromatic rings. The summed E-state index contributed by atoms with van der Waals surface area (Å²) in [5.41, 5.74) is 2.59. The maximum absolute atomic E-state index is 9.76. The summed E-state index contributed by atoms with van der Waals surface area (Å²) in [6, 6.07) is 2.15. The molecule has 4 rings (SSSR count). The van der Waals surface area contributed by atoms with Gasteiger partial charge in [0.25, 0.3) is 0 Å². The van der Waals surface area contributed by atoms with Crippen molar-refractivity contribution in [3.8, 4) is 5.88 Å². The number of aromatic amines is 1. The third-order valence-electron chi connectivity index (χ3n) is 4.68. The number of ether oxygens (including phenoxy) is 1. The number of aromatic nitrogens is 5. The Morgan fingerprint density at radius 3 is 3.04 bits per heavy atom. The molecular weight excluding hydrogens is 320 g/mol. The number of aliphatic hydroxyl groups is 1. The minimum absolute atomic E-state index is 0.225. The second kappa shape index (κ2) is 6.36. The molecule has 3 N–H and O–H groups in total. The predicted octanol–water partition coefficient (Wildman–Crippen LogP) is 2.69. The van der Waals surface area contributed by atoms with Crippen LogP contribution in [0, 0.1) is 6.92 Å². The van der Waals surface area contributed by atoms with Gasteiger partial charge in [-0.3, -0.25) is 4.68 Å². The van der Waals surface area contributed by atoms with E-state index in [0.717, 1.165) is 41.7 Å².